The SMILES string of the molecule is CCCC(=O)CC(OCCCc1cccc(OCCCCOc2ccccc2)c1)C(=O)O. The van der Waals surface area contributed by atoms with Gasteiger partial charge in [0.1, 0.15) is 17.3 Å². The maximum Gasteiger partial charge on any atom is 0.333 e. The van der Waals surface area contributed by atoms with E-state index in [0.717, 1.165) is 36.3 Å². The van der Waals surface area contributed by atoms with Crippen molar-refractivity contribution in [2.45, 2.75) is 58.0 Å². The second-order valence-corrected chi connectivity index (χ2v) is 7.66. The number of Topliss-reactive ketones (excluding diaryl/α,β-unsaturated/α-hetero) is 1. The average Bonchev–Trinajstić information content (AvgIpc) is 2.79. The van der Waals surface area contributed by atoms with Crippen LogP contribution in [0.1, 0.15) is 51.0 Å². The van der Waals surface area contributed by atoms with Gasteiger partial charge in [-0.2, -0.15) is 0 Å². The molecule has 2 aromatic carbocycles. The molecule has 2 aromatic rings. The summed E-state index contributed by atoms with van der Waals surface area (Å²) in [6, 6.07) is 17.7. The van der Waals surface area contributed by atoms with Gasteiger partial charge in [-0.25, -0.2) is 4.79 Å². The molecule has 0 aliphatic carbocycles. The molecule has 1 atom stereocenters. The van der Waals surface area contributed by atoms with Gasteiger partial charge in [0.25, 0.3) is 0 Å². The molecule has 0 heterocycles. The third-order valence-electron chi connectivity index (χ3n) is 4.86. The van der Waals surface area contributed by atoms with Gasteiger partial charge in [0, 0.05) is 19.4 Å². The Morgan fingerprint density at radius 2 is 1.56 bits per heavy atom. The zero-order valence-electron chi connectivity index (χ0n) is 18.8. The largest absolute Gasteiger partial charge is 0.494 e. The highest BCUT2D eigenvalue weighted by Crippen LogP contribution is 2.16. The summed E-state index contributed by atoms with van der Waals surface area (Å²) in [5, 5.41) is 9.24. The van der Waals surface area contributed by atoms with Gasteiger partial charge in [0.05, 0.1) is 13.2 Å². The third kappa shape index (κ3) is 10.4. The summed E-state index contributed by atoms with van der Waals surface area (Å²) in [5.74, 6) is 0.545. The fourth-order valence-corrected chi connectivity index (χ4v) is 3.20. The molecule has 2 rings (SSSR count). The molecular formula is C26H34O6. The lowest BCUT2D eigenvalue weighted by Crippen LogP contribution is -2.27. The van der Waals surface area contributed by atoms with Crippen LogP contribution in [0.25, 0.3) is 0 Å². The molecule has 6 nitrogen and oxygen atoms in total. The highest BCUT2D eigenvalue weighted by atomic mass is 16.5. The van der Waals surface area contributed by atoms with Crippen LogP contribution in [-0.2, 0) is 20.7 Å². The summed E-state index contributed by atoms with van der Waals surface area (Å²) >= 11 is 0. The molecule has 0 radical (unpaired) electrons. The molecule has 0 fully saturated rings. The Balaban J connectivity index is 1.62. The number of ether oxygens (including phenoxy) is 3. The number of para-hydroxylation sites is 1. The van der Waals surface area contributed by atoms with Crippen LogP contribution in [0.4, 0.5) is 0 Å². The number of hydrogen-bond donors (Lipinski definition) is 1. The van der Waals surface area contributed by atoms with E-state index in [0.29, 0.717) is 39.1 Å². The summed E-state index contributed by atoms with van der Waals surface area (Å²) in [6.45, 7) is 3.47. The first-order valence-corrected chi connectivity index (χ1v) is 11.3. The van der Waals surface area contributed by atoms with Crippen molar-refractivity contribution in [1.82, 2.24) is 0 Å². The quantitative estimate of drug-likeness (QED) is 0.344. The van der Waals surface area contributed by atoms with Crippen molar-refractivity contribution in [2.24, 2.45) is 0 Å². The Kier molecular flexibility index (Phi) is 11.9. The fraction of sp³-hybridized carbons (Fsp3) is 0.462. The number of rotatable bonds is 17. The second-order valence-electron chi connectivity index (χ2n) is 7.66. The summed E-state index contributed by atoms with van der Waals surface area (Å²) in [6.07, 6.45) is 3.21. The average molecular weight is 443 g/mol. The highest BCUT2D eigenvalue weighted by molar-refractivity contribution is 5.85. The van der Waals surface area contributed by atoms with E-state index < -0.39 is 12.1 Å². The second kappa shape index (κ2) is 15.0. The Morgan fingerprint density at radius 1 is 0.875 bits per heavy atom. The molecule has 0 saturated carbocycles. The molecule has 1 unspecified atom stereocenters. The van der Waals surface area contributed by atoms with E-state index in [1.807, 2.05) is 61.5 Å². The van der Waals surface area contributed by atoms with Crippen LogP contribution in [0.5, 0.6) is 11.5 Å². The molecule has 32 heavy (non-hydrogen) atoms. The summed E-state index contributed by atoms with van der Waals surface area (Å²) in [5.41, 5.74) is 1.10. The topological polar surface area (TPSA) is 82.1 Å². The van der Waals surface area contributed by atoms with Crippen LogP contribution >= 0.6 is 0 Å². The first-order chi connectivity index (χ1) is 15.6. The van der Waals surface area contributed by atoms with E-state index >= 15 is 0 Å². The normalized spacial score (nSPS) is 11.7. The Hall–Kier alpha value is -2.86. The van der Waals surface area contributed by atoms with Gasteiger partial charge in [0.2, 0.25) is 0 Å². The minimum atomic E-state index is -1.08. The molecule has 174 valence electrons. The molecule has 0 aliphatic rings. The van der Waals surface area contributed by atoms with Gasteiger partial charge in [-0.3, -0.25) is 4.79 Å². The smallest absolute Gasteiger partial charge is 0.333 e. The van der Waals surface area contributed by atoms with E-state index in [2.05, 4.69) is 0 Å². The lowest BCUT2D eigenvalue weighted by Gasteiger charge is -2.13. The third-order valence-corrected chi connectivity index (χ3v) is 4.86. The molecule has 0 aromatic heterocycles. The highest BCUT2D eigenvalue weighted by Gasteiger charge is 2.21. The molecule has 6 heteroatoms. The van der Waals surface area contributed by atoms with E-state index in [1.54, 1.807) is 0 Å². The van der Waals surface area contributed by atoms with Gasteiger partial charge in [-0.1, -0.05) is 37.3 Å². The van der Waals surface area contributed by atoms with Crippen molar-refractivity contribution >= 4 is 11.8 Å². The van der Waals surface area contributed by atoms with Gasteiger partial charge in [0.15, 0.2) is 6.10 Å². The number of carbonyl (C=O) groups is 2. The molecule has 0 bridgehead atoms. The number of aryl methyl sites for hydroxylation is 1. The zero-order valence-corrected chi connectivity index (χ0v) is 18.8. The van der Waals surface area contributed by atoms with Crippen LogP contribution in [-0.4, -0.2) is 42.8 Å². The summed E-state index contributed by atoms with van der Waals surface area (Å²) in [7, 11) is 0. The molecule has 0 saturated heterocycles. The number of unbranched alkanes of at least 4 members (excludes halogenated alkanes) is 1. The minimum absolute atomic E-state index is 0.0666. The first-order valence-electron chi connectivity index (χ1n) is 11.3. The number of benzene rings is 2. The van der Waals surface area contributed by atoms with Crippen molar-refractivity contribution < 1.29 is 28.9 Å². The van der Waals surface area contributed by atoms with Gasteiger partial charge in [-0.15, -0.1) is 0 Å². The molecule has 0 amide bonds. The van der Waals surface area contributed by atoms with Crippen LogP contribution in [0.2, 0.25) is 0 Å². The number of carbonyl (C=O) groups excluding carboxylic acids is 1. The van der Waals surface area contributed by atoms with Crippen molar-refractivity contribution in [3.05, 3.63) is 60.2 Å². The molecule has 0 aliphatic heterocycles. The van der Waals surface area contributed by atoms with Crippen LogP contribution in [0, 0.1) is 0 Å². The first kappa shape index (κ1) is 25.4. The maximum absolute atomic E-state index is 11.7. The predicted molar refractivity (Wildman–Crippen MR) is 123 cm³/mol. The lowest BCUT2D eigenvalue weighted by molar-refractivity contribution is -0.153. The van der Waals surface area contributed by atoms with E-state index in [1.165, 1.54) is 0 Å². The summed E-state index contributed by atoms with van der Waals surface area (Å²) in [4.78, 5) is 23.0. The molecule has 1 N–H and O–H groups in total. The standard InChI is InChI=1S/C26H34O6/c1-2-10-22(27)20-25(26(28)29)32-18-9-12-21-11-8-15-24(19-21)31-17-7-6-16-30-23-13-4-3-5-14-23/h3-5,8,11,13-15,19,25H,2,6-7,9-10,12,16-18,20H2,1H3,(H,28,29). The number of aliphatic carboxylic acids is 1. The van der Waals surface area contributed by atoms with Crippen LogP contribution in [0.3, 0.4) is 0 Å². The minimum Gasteiger partial charge on any atom is -0.494 e. The van der Waals surface area contributed by atoms with Crippen molar-refractivity contribution in [1.29, 1.82) is 0 Å². The zero-order chi connectivity index (χ0) is 23.0. The van der Waals surface area contributed by atoms with Crippen LogP contribution < -0.4 is 9.47 Å². The van der Waals surface area contributed by atoms with Crippen molar-refractivity contribution in [2.75, 3.05) is 19.8 Å². The van der Waals surface area contributed by atoms with Crippen molar-refractivity contribution in [3.8, 4) is 11.5 Å². The lowest BCUT2D eigenvalue weighted by atomic mass is 10.1. The number of hydrogen-bond acceptors (Lipinski definition) is 5. The maximum atomic E-state index is 11.7. The predicted octanol–water partition coefficient (Wildman–Crippen LogP) is 5.09. The van der Waals surface area contributed by atoms with Crippen LogP contribution in [0.15, 0.2) is 54.6 Å². The van der Waals surface area contributed by atoms with E-state index in [4.69, 9.17) is 14.2 Å². The van der Waals surface area contributed by atoms with Crippen molar-refractivity contribution in [3.63, 3.8) is 0 Å². The fourth-order valence-electron chi connectivity index (χ4n) is 3.20. The van der Waals surface area contributed by atoms with Gasteiger partial charge >= 0.3 is 5.97 Å². The van der Waals surface area contributed by atoms with Gasteiger partial charge < -0.3 is 19.3 Å². The Labute approximate surface area is 190 Å². The van der Waals surface area contributed by atoms with E-state index in [9.17, 15) is 14.7 Å². The Morgan fingerprint density at radius 3 is 2.25 bits per heavy atom. The van der Waals surface area contributed by atoms with E-state index in [-0.39, 0.29) is 12.2 Å². The Bertz CT molecular complexity index is 805. The molecular weight excluding hydrogens is 408 g/mol. The summed E-state index contributed by atoms with van der Waals surface area (Å²) < 4.78 is 17.0. The number of carboxylic acid groups (broad SMARTS) is 1. The monoisotopic (exact) mass is 442 g/mol. The van der Waals surface area contributed by atoms with Gasteiger partial charge in [-0.05, 0) is 61.9 Å². The number of carboxylic acids is 1. The number of ketones is 1. The molecule has 0 spiro atoms.